The third-order valence-corrected chi connectivity index (χ3v) is 7.60. The molecule has 0 radical (unpaired) electrons. The van der Waals surface area contributed by atoms with E-state index < -0.39 is 10.0 Å². The summed E-state index contributed by atoms with van der Waals surface area (Å²) in [4.78, 5) is 12.6. The van der Waals surface area contributed by atoms with Crippen molar-refractivity contribution in [1.29, 1.82) is 0 Å². The van der Waals surface area contributed by atoms with Crippen LogP contribution in [0, 0.1) is 13.8 Å². The van der Waals surface area contributed by atoms with Crippen LogP contribution in [0.25, 0.3) is 0 Å². The smallest absolute Gasteiger partial charge is 0.246 e. The number of hydrogen-bond acceptors (Lipinski definition) is 5. The van der Waals surface area contributed by atoms with E-state index in [0.29, 0.717) is 37.6 Å². The number of amides is 1. The first-order chi connectivity index (χ1) is 14.3. The zero-order valence-electron chi connectivity index (χ0n) is 17.8. The highest BCUT2D eigenvalue weighted by Gasteiger charge is 2.31. The number of nitrogens with one attached hydrogen (secondary N) is 1. The highest BCUT2D eigenvalue weighted by molar-refractivity contribution is 7.89. The molecule has 1 aromatic carbocycles. The normalized spacial score (nSPS) is 15.2. The van der Waals surface area contributed by atoms with Crippen LogP contribution in [0.5, 0.6) is 5.75 Å². The molecule has 0 bridgehead atoms. The molecule has 0 aliphatic carbocycles. The van der Waals surface area contributed by atoms with Gasteiger partial charge in [0.15, 0.2) is 0 Å². The molecule has 3 rings (SSSR count). The van der Waals surface area contributed by atoms with E-state index in [2.05, 4.69) is 10.4 Å². The van der Waals surface area contributed by atoms with E-state index >= 15 is 0 Å². The van der Waals surface area contributed by atoms with Crippen molar-refractivity contribution in [3.63, 3.8) is 0 Å². The van der Waals surface area contributed by atoms with Crippen LogP contribution in [0.15, 0.2) is 29.2 Å². The first kappa shape index (κ1) is 22.3. The molecule has 0 atom stereocenters. The predicted molar refractivity (Wildman–Crippen MR) is 114 cm³/mol. The number of sulfonamides is 1. The number of carbonyl (C=O) groups excluding carboxylic acids is 1. The maximum Gasteiger partial charge on any atom is 0.246 e. The fourth-order valence-corrected chi connectivity index (χ4v) is 5.73. The van der Waals surface area contributed by atoms with Crippen LogP contribution in [-0.2, 0) is 27.9 Å². The van der Waals surface area contributed by atoms with Gasteiger partial charge in [-0.15, -0.1) is 0 Å². The van der Waals surface area contributed by atoms with Crippen LogP contribution in [0.3, 0.4) is 0 Å². The van der Waals surface area contributed by atoms with E-state index in [1.165, 1.54) is 0 Å². The maximum atomic E-state index is 13.1. The molecule has 1 aliphatic heterocycles. The molecular weight excluding hydrogens is 404 g/mol. The van der Waals surface area contributed by atoms with Gasteiger partial charge in [-0.25, -0.2) is 8.42 Å². The van der Waals surface area contributed by atoms with Gasteiger partial charge < -0.3 is 10.1 Å². The number of carbonyl (C=O) groups is 1. The number of nitrogens with zero attached hydrogens (tertiary/aromatic N) is 3. The van der Waals surface area contributed by atoms with E-state index in [1.54, 1.807) is 29.9 Å². The standard InChI is InChI=1S/C21H30N4O4S/c1-16-21(30(27,28)24-12-7-4-8-13-24)17(2)25(23-16)14-11-20(26)22-15-18-9-5-6-10-19(18)29-3/h5-6,9-10H,4,7-8,11-15H2,1-3H3,(H,22,26). The van der Waals surface area contributed by atoms with Crippen molar-refractivity contribution in [2.45, 2.75) is 57.5 Å². The molecule has 1 amide bonds. The van der Waals surface area contributed by atoms with Crippen molar-refractivity contribution >= 4 is 15.9 Å². The molecule has 8 nitrogen and oxygen atoms in total. The Morgan fingerprint density at radius 1 is 1.17 bits per heavy atom. The molecule has 1 saturated heterocycles. The lowest BCUT2D eigenvalue weighted by Crippen LogP contribution is -2.36. The second kappa shape index (κ2) is 9.61. The zero-order valence-corrected chi connectivity index (χ0v) is 18.7. The minimum absolute atomic E-state index is 0.131. The minimum Gasteiger partial charge on any atom is -0.496 e. The Kier molecular flexibility index (Phi) is 7.14. The molecular formula is C21H30N4O4S. The monoisotopic (exact) mass is 434 g/mol. The second-order valence-electron chi connectivity index (χ2n) is 7.53. The van der Waals surface area contributed by atoms with Crippen LogP contribution in [0.1, 0.15) is 42.6 Å². The lowest BCUT2D eigenvalue weighted by atomic mass is 10.2. The summed E-state index contributed by atoms with van der Waals surface area (Å²) in [6.45, 7) is 5.26. The van der Waals surface area contributed by atoms with E-state index in [1.807, 2.05) is 24.3 Å². The Morgan fingerprint density at radius 3 is 2.57 bits per heavy atom. The number of hydrogen-bond donors (Lipinski definition) is 1. The first-order valence-corrected chi connectivity index (χ1v) is 11.7. The van der Waals surface area contributed by atoms with E-state index in [9.17, 15) is 13.2 Å². The Morgan fingerprint density at radius 2 is 1.87 bits per heavy atom. The molecule has 1 fully saturated rings. The number of piperidine rings is 1. The summed E-state index contributed by atoms with van der Waals surface area (Å²) >= 11 is 0. The average molecular weight is 435 g/mol. The van der Waals surface area contributed by atoms with Gasteiger partial charge in [-0.2, -0.15) is 9.40 Å². The molecule has 30 heavy (non-hydrogen) atoms. The quantitative estimate of drug-likeness (QED) is 0.689. The summed E-state index contributed by atoms with van der Waals surface area (Å²) in [5, 5.41) is 7.28. The van der Waals surface area contributed by atoms with Gasteiger partial charge in [0, 0.05) is 31.6 Å². The molecule has 1 aromatic heterocycles. The fourth-order valence-electron chi connectivity index (χ4n) is 3.84. The first-order valence-electron chi connectivity index (χ1n) is 10.3. The molecule has 9 heteroatoms. The summed E-state index contributed by atoms with van der Waals surface area (Å²) in [5.74, 6) is 0.595. The van der Waals surface area contributed by atoms with Crippen molar-refractivity contribution in [2.24, 2.45) is 0 Å². The van der Waals surface area contributed by atoms with Gasteiger partial charge in [-0.05, 0) is 32.8 Å². The number of benzene rings is 1. The molecule has 1 N–H and O–H groups in total. The van der Waals surface area contributed by atoms with E-state index in [-0.39, 0.29) is 17.2 Å². The van der Waals surface area contributed by atoms with Crippen LogP contribution >= 0.6 is 0 Å². The Bertz CT molecular complexity index is 994. The number of methoxy groups -OCH3 is 1. The van der Waals surface area contributed by atoms with Crippen molar-refractivity contribution in [3.8, 4) is 5.75 Å². The summed E-state index contributed by atoms with van der Waals surface area (Å²) in [6, 6.07) is 7.52. The summed E-state index contributed by atoms with van der Waals surface area (Å²) < 4.78 is 34.6. The van der Waals surface area contributed by atoms with Crippen molar-refractivity contribution in [3.05, 3.63) is 41.2 Å². The van der Waals surface area contributed by atoms with Crippen molar-refractivity contribution < 1.29 is 17.9 Å². The van der Waals surface area contributed by atoms with Crippen LogP contribution in [-0.4, -0.2) is 48.6 Å². The van der Waals surface area contributed by atoms with Crippen LogP contribution in [0.2, 0.25) is 0 Å². The minimum atomic E-state index is -3.56. The van der Waals surface area contributed by atoms with Crippen LogP contribution < -0.4 is 10.1 Å². The van der Waals surface area contributed by atoms with Crippen molar-refractivity contribution in [2.75, 3.05) is 20.2 Å². The maximum absolute atomic E-state index is 13.1. The molecule has 0 spiro atoms. The highest BCUT2D eigenvalue weighted by Crippen LogP contribution is 2.26. The van der Waals surface area contributed by atoms with Gasteiger partial charge in [0.05, 0.1) is 25.0 Å². The Labute approximate surface area is 178 Å². The van der Waals surface area contributed by atoms with Gasteiger partial charge >= 0.3 is 0 Å². The molecule has 1 aliphatic rings. The topological polar surface area (TPSA) is 93.5 Å². The molecule has 2 heterocycles. The third kappa shape index (κ3) is 4.84. The summed E-state index contributed by atoms with van der Waals surface area (Å²) in [7, 11) is -1.96. The second-order valence-corrected chi connectivity index (χ2v) is 9.40. The van der Waals surface area contributed by atoms with Gasteiger partial charge in [0.25, 0.3) is 0 Å². The number of para-hydroxylation sites is 1. The lowest BCUT2D eigenvalue weighted by Gasteiger charge is -2.26. The number of aromatic nitrogens is 2. The van der Waals surface area contributed by atoms with Crippen LogP contribution in [0.4, 0.5) is 0 Å². The predicted octanol–water partition coefficient (Wildman–Crippen LogP) is 2.39. The average Bonchev–Trinajstić information content (AvgIpc) is 3.05. The third-order valence-electron chi connectivity index (χ3n) is 5.45. The summed E-state index contributed by atoms with van der Waals surface area (Å²) in [6.07, 6.45) is 3.04. The SMILES string of the molecule is COc1ccccc1CNC(=O)CCn1nc(C)c(S(=O)(=O)N2CCCCC2)c1C. The van der Waals surface area contributed by atoms with E-state index in [0.717, 1.165) is 30.6 Å². The van der Waals surface area contributed by atoms with Gasteiger partial charge in [0.1, 0.15) is 10.6 Å². The Balaban J connectivity index is 1.63. The number of ether oxygens (including phenoxy) is 1. The van der Waals surface area contributed by atoms with E-state index in [4.69, 9.17) is 4.74 Å². The highest BCUT2D eigenvalue weighted by atomic mass is 32.2. The lowest BCUT2D eigenvalue weighted by molar-refractivity contribution is -0.121. The zero-order chi connectivity index (χ0) is 21.7. The Hall–Kier alpha value is -2.39. The van der Waals surface area contributed by atoms with Gasteiger partial charge in [-0.3, -0.25) is 9.48 Å². The molecule has 2 aromatic rings. The fraction of sp³-hybridized carbons (Fsp3) is 0.524. The molecule has 0 unspecified atom stereocenters. The van der Waals surface area contributed by atoms with Gasteiger partial charge in [-0.1, -0.05) is 24.6 Å². The van der Waals surface area contributed by atoms with Crippen molar-refractivity contribution in [1.82, 2.24) is 19.4 Å². The number of aryl methyl sites for hydroxylation is 2. The largest absolute Gasteiger partial charge is 0.496 e. The summed E-state index contributed by atoms with van der Waals surface area (Å²) in [5.41, 5.74) is 1.96. The number of rotatable bonds is 8. The molecule has 0 saturated carbocycles. The van der Waals surface area contributed by atoms with Gasteiger partial charge in [0.2, 0.25) is 15.9 Å². The molecule has 164 valence electrons.